The van der Waals surface area contributed by atoms with Gasteiger partial charge in [0.1, 0.15) is 0 Å². The first-order valence-electron chi connectivity index (χ1n) is 4.57. The van der Waals surface area contributed by atoms with E-state index in [1.165, 1.54) is 0 Å². The van der Waals surface area contributed by atoms with Crippen LogP contribution in [-0.4, -0.2) is 4.98 Å². The lowest BCUT2D eigenvalue weighted by Crippen LogP contribution is -2.23. The highest BCUT2D eigenvalue weighted by molar-refractivity contribution is 6.30. The Hall–Kier alpha value is -0.600. The average Bonchev–Trinajstić information content (AvgIpc) is 2.80. The fourth-order valence-electron chi connectivity index (χ4n) is 1.82. The summed E-state index contributed by atoms with van der Waals surface area (Å²) in [4.78, 5) is 4.25. The summed E-state index contributed by atoms with van der Waals surface area (Å²) in [7, 11) is 0. The molecule has 2 atom stereocenters. The third kappa shape index (κ3) is 1.45. The molecule has 0 radical (unpaired) electrons. The topological polar surface area (TPSA) is 38.9 Å². The normalized spacial score (nSPS) is 31.8. The summed E-state index contributed by atoms with van der Waals surface area (Å²) in [6, 6.07) is 3.78. The number of hydrogen-bond donors (Lipinski definition) is 1. The Kier molecular flexibility index (Phi) is 2.05. The summed E-state index contributed by atoms with van der Waals surface area (Å²) in [5, 5.41) is 0.668. The molecule has 70 valence electrons. The van der Waals surface area contributed by atoms with Crippen molar-refractivity contribution in [2.45, 2.75) is 25.3 Å². The number of nitrogens with zero attached hydrogens (tertiary/aromatic N) is 1. The molecular formula is C10H13ClN2. The van der Waals surface area contributed by atoms with Gasteiger partial charge in [-0.2, -0.15) is 0 Å². The third-order valence-electron chi connectivity index (χ3n) is 2.85. The predicted molar refractivity (Wildman–Crippen MR) is 53.5 cm³/mol. The molecular weight excluding hydrogens is 184 g/mol. The number of aromatic nitrogens is 1. The number of rotatable bonds is 2. The van der Waals surface area contributed by atoms with E-state index >= 15 is 0 Å². The van der Waals surface area contributed by atoms with E-state index in [1.807, 2.05) is 12.1 Å². The molecule has 1 saturated carbocycles. The number of halogens is 1. The lowest BCUT2D eigenvalue weighted by Gasteiger charge is -2.09. The third-order valence-corrected chi connectivity index (χ3v) is 3.07. The summed E-state index contributed by atoms with van der Waals surface area (Å²) in [6.07, 6.45) is 3.84. The van der Waals surface area contributed by atoms with Gasteiger partial charge in [0.25, 0.3) is 0 Å². The predicted octanol–water partition coefficient (Wildman–Crippen LogP) is 2.32. The van der Waals surface area contributed by atoms with Crippen molar-refractivity contribution >= 4 is 11.6 Å². The molecule has 1 aliphatic carbocycles. The van der Waals surface area contributed by atoms with Gasteiger partial charge in [-0.3, -0.25) is 4.98 Å². The van der Waals surface area contributed by atoms with Gasteiger partial charge in [-0.1, -0.05) is 24.9 Å². The summed E-state index contributed by atoms with van der Waals surface area (Å²) in [5.41, 5.74) is 6.98. The van der Waals surface area contributed by atoms with Crippen LogP contribution in [0.25, 0.3) is 0 Å². The zero-order valence-corrected chi connectivity index (χ0v) is 8.38. The zero-order chi connectivity index (χ0) is 9.47. The molecule has 2 unspecified atom stereocenters. The van der Waals surface area contributed by atoms with Crippen LogP contribution in [0.3, 0.4) is 0 Å². The van der Waals surface area contributed by atoms with Gasteiger partial charge in [-0.25, -0.2) is 0 Å². The molecule has 2 nitrogen and oxygen atoms in total. The first kappa shape index (κ1) is 8.97. The quantitative estimate of drug-likeness (QED) is 0.789. The van der Waals surface area contributed by atoms with Crippen molar-refractivity contribution in [2.24, 2.45) is 11.7 Å². The van der Waals surface area contributed by atoms with Crippen molar-refractivity contribution in [3.63, 3.8) is 0 Å². The van der Waals surface area contributed by atoms with E-state index in [4.69, 9.17) is 17.3 Å². The number of hydrogen-bond acceptors (Lipinski definition) is 2. The van der Waals surface area contributed by atoms with Crippen molar-refractivity contribution in [3.8, 4) is 0 Å². The minimum atomic E-state index is -0.167. The molecule has 0 saturated heterocycles. The van der Waals surface area contributed by atoms with Crippen LogP contribution in [0.15, 0.2) is 18.3 Å². The van der Waals surface area contributed by atoms with E-state index in [2.05, 4.69) is 11.9 Å². The van der Waals surface area contributed by atoms with E-state index in [0.29, 0.717) is 10.9 Å². The molecule has 1 heterocycles. The summed E-state index contributed by atoms with van der Waals surface area (Å²) in [5.74, 6) is 0.598. The van der Waals surface area contributed by atoms with Gasteiger partial charge < -0.3 is 5.73 Å². The second-order valence-electron chi connectivity index (χ2n) is 3.71. The van der Waals surface area contributed by atoms with E-state index in [1.54, 1.807) is 6.20 Å². The maximum absolute atomic E-state index is 6.17. The maximum Gasteiger partial charge on any atom is 0.0616 e. The highest BCUT2D eigenvalue weighted by Crippen LogP contribution is 2.50. The molecule has 13 heavy (non-hydrogen) atoms. The molecule has 0 amide bonds. The molecule has 1 aliphatic rings. The average molecular weight is 197 g/mol. The van der Waals surface area contributed by atoms with Crippen LogP contribution >= 0.6 is 11.6 Å². The fourth-order valence-corrected chi connectivity index (χ4v) is 1.93. The van der Waals surface area contributed by atoms with E-state index in [9.17, 15) is 0 Å². The van der Waals surface area contributed by atoms with E-state index in [-0.39, 0.29) is 5.54 Å². The van der Waals surface area contributed by atoms with Gasteiger partial charge in [-0.15, -0.1) is 0 Å². The van der Waals surface area contributed by atoms with Crippen molar-refractivity contribution in [1.29, 1.82) is 0 Å². The van der Waals surface area contributed by atoms with Crippen molar-refractivity contribution in [1.82, 2.24) is 4.98 Å². The summed E-state index contributed by atoms with van der Waals surface area (Å²) < 4.78 is 0. The number of nitrogens with two attached hydrogens (primary N) is 1. The van der Waals surface area contributed by atoms with Gasteiger partial charge in [0.05, 0.1) is 16.3 Å². The second kappa shape index (κ2) is 2.96. The summed E-state index contributed by atoms with van der Waals surface area (Å²) >= 11 is 5.75. The molecule has 0 aliphatic heterocycles. The van der Waals surface area contributed by atoms with Crippen molar-refractivity contribution in [2.75, 3.05) is 0 Å². The van der Waals surface area contributed by atoms with E-state index in [0.717, 1.165) is 18.5 Å². The molecule has 2 rings (SSSR count). The van der Waals surface area contributed by atoms with Crippen molar-refractivity contribution in [3.05, 3.63) is 29.0 Å². The van der Waals surface area contributed by atoms with Gasteiger partial charge in [0.2, 0.25) is 0 Å². The fraction of sp³-hybridized carbons (Fsp3) is 0.500. The highest BCUT2D eigenvalue weighted by atomic mass is 35.5. The molecule has 3 heteroatoms. The van der Waals surface area contributed by atoms with Crippen LogP contribution < -0.4 is 5.73 Å². The van der Waals surface area contributed by atoms with Gasteiger partial charge >= 0.3 is 0 Å². The largest absolute Gasteiger partial charge is 0.320 e. The van der Waals surface area contributed by atoms with Gasteiger partial charge in [-0.05, 0) is 24.5 Å². The molecule has 0 aromatic carbocycles. The molecule has 1 aromatic heterocycles. The van der Waals surface area contributed by atoms with Crippen LogP contribution in [0.1, 0.15) is 25.5 Å². The molecule has 2 N–H and O–H groups in total. The Balaban J connectivity index is 2.23. The van der Waals surface area contributed by atoms with Crippen LogP contribution in [-0.2, 0) is 5.54 Å². The monoisotopic (exact) mass is 196 g/mol. The molecule has 1 aromatic rings. The Bertz CT molecular complexity index is 309. The van der Waals surface area contributed by atoms with Gasteiger partial charge in [0, 0.05) is 6.20 Å². The first-order valence-corrected chi connectivity index (χ1v) is 4.95. The van der Waals surface area contributed by atoms with Gasteiger partial charge in [0.15, 0.2) is 0 Å². The van der Waals surface area contributed by atoms with Crippen LogP contribution in [0, 0.1) is 5.92 Å². The number of pyridine rings is 1. The SMILES string of the molecule is CCC1CC1(N)c1ccc(Cl)cn1. The highest BCUT2D eigenvalue weighted by Gasteiger charge is 2.51. The van der Waals surface area contributed by atoms with Crippen LogP contribution in [0.4, 0.5) is 0 Å². The Morgan fingerprint density at radius 1 is 1.69 bits per heavy atom. The standard InChI is InChI=1S/C10H13ClN2/c1-2-7-5-10(7,12)9-4-3-8(11)6-13-9/h3-4,6-7H,2,5,12H2,1H3. The van der Waals surface area contributed by atoms with Crippen LogP contribution in [0.5, 0.6) is 0 Å². The lowest BCUT2D eigenvalue weighted by molar-refractivity contribution is 0.598. The smallest absolute Gasteiger partial charge is 0.0616 e. The summed E-state index contributed by atoms with van der Waals surface area (Å²) in [6.45, 7) is 2.16. The minimum absolute atomic E-state index is 0.167. The Morgan fingerprint density at radius 3 is 2.92 bits per heavy atom. The Labute approximate surface area is 83.1 Å². The molecule has 1 fully saturated rings. The minimum Gasteiger partial charge on any atom is -0.320 e. The second-order valence-corrected chi connectivity index (χ2v) is 4.15. The van der Waals surface area contributed by atoms with Crippen LogP contribution in [0.2, 0.25) is 5.02 Å². The molecule has 0 spiro atoms. The molecule has 0 bridgehead atoms. The van der Waals surface area contributed by atoms with E-state index < -0.39 is 0 Å². The zero-order valence-electron chi connectivity index (χ0n) is 7.63. The Morgan fingerprint density at radius 2 is 2.46 bits per heavy atom. The van der Waals surface area contributed by atoms with Crippen molar-refractivity contribution < 1.29 is 0 Å². The lowest BCUT2D eigenvalue weighted by atomic mass is 10.1. The maximum atomic E-state index is 6.17. The first-order chi connectivity index (χ1) is 6.16.